The topological polar surface area (TPSA) is 58.2 Å². The molecule has 0 heterocycles. The van der Waals surface area contributed by atoms with Crippen LogP contribution in [0.3, 0.4) is 0 Å². The van der Waals surface area contributed by atoms with E-state index in [4.69, 9.17) is 0 Å². The van der Waals surface area contributed by atoms with Crippen LogP contribution in [0, 0.1) is 0 Å². The predicted molar refractivity (Wildman–Crippen MR) is 47.3 cm³/mol. The van der Waals surface area contributed by atoms with E-state index in [1.54, 1.807) is 0 Å². The van der Waals surface area contributed by atoms with E-state index in [9.17, 15) is 23.1 Å². The second kappa shape index (κ2) is 4.84. The molecule has 0 bridgehead atoms. The summed E-state index contributed by atoms with van der Waals surface area (Å²) in [7, 11) is 0. The van der Waals surface area contributed by atoms with Crippen LogP contribution < -0.4 is 10.1 Å². The summed E-state index contributed by atoms with van der Waals surface area (Å²) in [5.74, 6) is -1.16. The number of benzene rings is 1. The van der Waals surface area contributed by atoms with Gasteiger partial charge in [0.15, 0.2) is 6.61 Å². The van der Waals surface area contributed by atoms with Crippen molar-refractivity contribution in [3.05, 3.63) is 24.3 Å². The number of amides is 1. The smallest absolute Gasteiger partial charge is 0.406 e. The van der Waals surface area contributed by atoms with Gasteiger partial charge in [-0.3, -0.25) is 4.79 Å². The average molecular weight is 234 g/mol. The van der Waals surface area contributed by atoms with E-state index in [1.807, 2.05) is 0 Å². The zero-order chi connectivity index (χ0) is 12.2. The van der Waals surface area contributed by atoms with Crippen molar-refractivity contribution in [3.8, 4) is 5.75 Å². The molecule has 1 aromatic rings. The van der Waals surface area contributed by atoms with Crippen molar-refractivity contribution in [1.29, 1.82) is 0 Å². The van der Waals surface area contributed by atoms with Gasteiger partial charge in [-0.1, -0.05) is 0 Å². The maximum atomic E-state index is 11.8. The lowest BCUT2D eigenvalue weighted by Gasteiger charge is -2.09. The van der Waals surface area contributed by atoms with Crippen LogP contribution >= 0.6 is 0 Å². The molecule has 4 nitrogen and oxygen atoms in total. The first-order chi connectivity index (χ1) is 7.40. The van der Waals surface area contributed by atoms with Crippen LogP contribution in [-0.2, 0) is 9.90 Å². The van der Waals surface area contributed by atoms with E-state index in [-0.39, 0.29) is 5.69 Å². The number of carbonyl (C=O) groups is 1. The van der Waals surface area contributed by atoms with Crippen molar-refractivity contribution in [2.45, 2.75) is 6.36 Å². The summed E-state index contributed by atoms with van der Waals surface area (Å²) in [6, 6.07) is 4.48. The van der Waals surface area contributed by atoms with Crippen LogP contribution in [0.1, 0.15) is 0 Å². The van der Waals surface area contributed by atoms with Crippen LogP contribution in [0.4, 0.5) is 18.9 Å². The van der Waals surface area contributed by atoms with Crippen molar-refractivity contribution < 1.29 is 27.8 Å². The van der Waals surface area contributed by atoms with Gasteiger partial charge in [0.05, 0.1) is 0 Å². The molecule has 0 saturated carbocycles. The third-order valence-electron chi connectivity index (χ3n) is 1.50. The monoisotopic (exact) mass is 234 g/mol. The second-order valence-electron chi connectivity index (χ2n) is 2.76. The van der Waals surface area contributed by atoms with Gasteiger partial charge in [0, 0.05) is 5.69 Å². The maximum Gasteiger partial charge on any atom is 0.573 e. The number of ether oxygens (including phenoxy) is 1. The molecule has 0 saturated heterocycles. The summed E-state index contributed by atoms with van der Waals surface area (Å²) >= 11 is 0. The number of nitrogens with one attached hydrogen (secondary N) is 1. The van der Waals surface area contributed by atoms with E-state index < -0.39 is 24.6 Å². The molecule has 0 fully saturated rings. The lowest BCUT2D eigenvalue weighted by molar-refractivity contribution is -0.274. The minimum Gasteiger partial charge on any atom is -0.406 e. The van der Waals surface area contributed by atoms with Crippen LogP contribution in [0.15, 0.2) is 24.3 Å². The SMILES string of the molecule is [O]CC(=O)Nc1ccc(OC(F)(F)F)cc1. The number of hydrogen-bond donors (Lipinski definition) is 1. The van der Waals surface area contributed by atoms with E-state index in [0.717, 1.165) is 12.1 Å². The Kier molecular flexibility index (Phi) is 3.73. The summed E-state index contributed by atoms with van der Waals surface area (Å²) in [6.07, 6.45) is -4.75. The Morgan fingerprint density at radius 2 is 1.81 bits per heavy atom. The van der Waals surface area contributed by atoms with E-state index >= 15 is 0 Å². The van der Waals surface area contributed by atoms with Gasteiger partial charge in [0.25, 0.3) is 5.91 Å². The molecule has 0 aliphatic carbocycles. The van der Waals surface area contributed by atoms with Crippen molar-refractivity contribution in [2.24, 2.45) is 0 Å². The van der Waals surface area contributed by atoms with Gasteiger partial charge >= 0.3 is 6.36 Å². The van der Waals surface area contributed by atoms with Gasteiger partial charge in [-0.25, -0.2) is 5.11 Å². The zero-order valence-corrected chi connectivity index (χ0v) is 7.88. The Hall–Kier alpha value is -1.76. The number of alkyl halides is 3. The molecular formula is C9H7F3NO3. The third-order valence-corrected chi connectivity index (χ3v) is 1.50. The summed E-state index contributed by atoms with van der Waals surface area (Å²) in [4.78, 5) is 10.7. The normalized spacial score (nSPS) is 11.0. The molecule has 1 amide bonds. The van der Waals surface area contributed by atoms with Crippen molar-refractivity contribution in [2.75, 3.05) is 11.9 Å². The number of hydrogen-bond acceptors (Lipinski definition) is 2. The average Bonchev–Trinajstić information content (AvgIpc) is 2.18. The van der Waals surface area contributed by atoms with Gasteiger partial charge < -0.3 is 10.1 Å². The van der Waals surface area contributed by atoms with Gasteiger partial charge in [-0.05, 0) is 24.3 Å². The molecule has 7 heteroatoms. The minimum absolute atomic E-state index is 0.232. The van der Waals surface area contributed by atoms with Crippen LogP contribution in [-0.4, -0.2) is 18.9 Å². The molecule has 87 valence electrons. The zero-order valence-electron chi connectivity index (χ0n) is 7.88. The maximum absolute atomic E-state index is 11.8. The highest BCUT2D eigenvalue weighted by Crippen LogP contribution is 2.23. The highest BCUT2D eigenvalue weighted by molar-refractivity contribution is 5.91. The largest absolute Gasteiger partial charge is 0.573 e. The first-order valence-corrected chi connectivity index (χ1v) is 4.14. The molecule has 0 spiro atoms. The lowest BCUT2D eigenvalue weighted by atomic mass is 10.3. The molecule has 16 heavy (non-hydrogen) atoms. The third kappa shape index (κ3) is 4.18. The number of halogens is 3. The second-order valence-corrected chi connectivity index (χ2v) is 2.76. The number of carbonyl (C=O) groups excluding carboxylic acids is 1. The van der Waals surface area contributed by atoms with Gasteiger partial charge in [-0.15, -0.1) is 13.2 Å². The van der Waals surface area contributed by atoms with Crippen LogP contribution in [0.2, 0.25) is 0 Å². The van der Waals surface area contributed by atoms with Crippen LogP contribution in [0.5, 0.6) is 5.75 Å². The number of rotatable bonds is 3. The molecule has 1 aromatic carbocycles. The van der Waals surface area contributed by atoms with Crippen LogP contribution in [0.25, 0.3) is 0 Å². The van der Waals surface area contributed by atoms with Crippen molar-refractivity contribution in [1.82, 2.24) is 0 Å². The summed E-state index contributed by atoms with van der Waals surface area (Å²) in [6.45, 7) is -0.944. The van der Waals surface area contributed by atoms with Gasteiger partial charge in [0.1, 0.15) is 5.75 Å². The quantitative estimate of drug-likeness (QED) is 0.868. The molecule has 1 N–H and O–H groups in total. The first-order valence-electron chi connectivity index (χ1n) is 4.14. The van der Waals surface area contributed by atoms with E-state index in [2.05, 4.69) is 10.1 Å². The molecule has 0 aromatic heterocycles. The summed E-state index contributed by atoms with van der Waals surface area (Å²) in [5.41, 5.74) is 0.232. The fraction of sp³-hybridized carbons (Fsp3) is 0.222. The lowest BCUT2D eigenvalue weighted by Crippen LogP contribution is -2.17. The Bertz CT molecular complexity index is 361. The number of anilines is 1. The van der Waals surface area contributed by atoms with E-state index in [0.29, 0.717) is 0 Å². The highest BCUT2D eigenvalue weighted by atomic mass is 19.4. The Balaban J connectivity index is 2.64. The summed E-state index contributed by atoms with van der Waals surface area (Å²) < 4.78 is 38.9. The summed E-state index contributed by atoms with van der Waals surface area (Å²) in [5, 5.41) is 12.3. The molecular weight excluding hydrogens is 227 g/mol. The first kappa shape index (κ1) is 12.3. The molecule has 0 aliphatic heterocycles. The molecule has 0 unspecified atom stereocenters. The molecule has 1 radical (unpaired) electrons. The van der Waals surface area contributed by atoms with Crippen molar-refractivity contribution in [3.63, 3.8) is 0 Å². The Morgan fingerprint density at radius 1 is 1.25 bits per heavy atom. The molecule has 1 rings (SSSR count). The molecule has 0 atom stereocenters. The van der Waals surface area contributed by atoms with E-state index in [1.165, 1.54) is 12.1 Å². The Morgan fingerprint density at radius 3 is 2.25 bits per heavy atom. The van der Waals surface area contributed by atoms with Crippen molar-refractivity contribution >= 4 is 11.6 Å². The van der Waals surface area contributed by atoms with Gasteiger partial charge in [-0.2, -0.15) is 0 Å². The van der Waals surface area contributed by atoms with Gasteiger partial charge in [0.2, 0.25) is 0 Å². The fourth-order valence-corrected chi connectivity index (χ4v) is 0.937. The fourth-order valence-electron chi connectivity index (χ4n) is 0.937. The predicted octanol–water partition coefficient (Wildman–Crippen LogP) is 1.95. The standard InChI is InChI=1S/C9H7F3NO3/c10-9(11,12)16-7-3-1-6(2-4-7)13-8(15)5-14/h1-4H,5H2,(H,13,15). The Labute approximate surface area is 88.6 Å². The molecule has 0 aliphatic rings. The highest BCUT2D eigenvalue weighted by Gasteiger charge is 2.30. The minimum atomic E-state index is -4.75.